The first kappa shape index (κ1) is 29.6. The molecule has 0 spiro atoms. The molecule has 2 saturated carbocycles. The van der Waals surface area contributed by atoms with Gasteiger partial charge in [0.25, 0.3) is 0 Å². The molecule has 1 saturated heterocycles. The molecule has 44 heavy (non-hydrogen) atoms. The molecule has 2 aromatic heterocycles. The number of fused-ring (bicyclic) bond motifs is 3. The summed E-state index contributed by atoms with van der Waals surface area (Å²) in [5, 5.41) is 5.91. The van der Waals surface area contributed by atoms with Gasteiger partial charge in [-0.2, -0.15) is 13.9 Å². The van der Waals surface area contributed by atoms with Gasteiger partial charge in [0.2, 0.25) is 10.0 Å². The van der Waals surface area contributed by atoms with Crippen LogP contribution in [-0.2, 0) is 14.8 Å². The topological polar surface area (TPSA) is 110 Å². The van der Waals surface area contributed by atoms with E-state index in [1.807, 2.05) is 11.8 Å². The Morgan fingerprint density at radius 1 is 1.18 bits per heavy atom. The molecule has 6 atom stereocenters. The van der Waals surface area contributed by atoms with Gasteiger partial charge in [-0.3, -0.25) is 9.79 Å². The highest BCUT2D eigenvalue weighted by Gasteiger charge is 2.50. The van der Waals surface area contributed by atoms with E-state index in [0.717, 1.165) is 18.7 Å². The Labute approximate surface area is 260 Å². The zero-order chi connectivity index (χ0) is 30.9. The lowest BCUT2D eigenvalue weighted by Gasteiger charge is -2.32. The van der Waals surface area contributed by atoms with E-state index in [4.69, 9.17) is 16.6 Å². The summed E-state index contributed by atoms with van der Waals surface area (Å²) >= 11 is 7.86. The molecule has 3 aromatic rings. The first-order valence-electron chi connectivity index (χ1n) is 14.3. The van der Waals surface area contributed by atoms with E-state index in [0.29, 0.717) is 45.2 Å². The number of rotatable bonds is 7. The van der Waals surface area contributed by atoms with Crippen LogP contribution in [0.3, 0.4) is 0 Å². The van der Waals surface area contributed by atoms with Gasteiger partial charge < -0.3 is 4.90 Å². The van der Waals surface area contributed by atoms with Crippen LogP contribution in [0.15, 0.2) is 52.7 Å². The van der Waals surface area contributed by atoms with Crippen molar-refractivity contribution in [2.24, 2.45) is 22.7 Å². The predicted molar refractivity (Wildman–Crippen MR) is 159 cm³/mol. The Kier molecular flexibility index (Phi) is 7.46. The first-order valence-corrected chi connectivity index (χ1v) is 17.1. The van der Waals surface area contributed by atoms with E-state index in [2.05, 4.69) is 14.8 Å². The number of nitrogens with one attached hydrogen (secondary N) is 1. The van der Waals surface area contributed by atoms with E-state index in [-0.39, 0.29) is 47.2 Å². The maximum atomic E-state index is 14.1. The number of aliphatic imine (C=N–C) groups is 1. The molecule has 3 fully saturated rings. The molecule has 0 amide bonds. The largest absolute Gasteiger partial charge is 0.333 e. The SMILES string of the molecule is C[C@H]1CC2C[C@@H](S(=O)(=O)N[C@H]3CC4=C(c5ccn(C(F)F)n5)[C@H](c5ccc(F)cc5Cl)N=C(c5nccs5)N4C3)CC1C2=O. The van der Waals surface area contributed by atoms with Crippen molar-refractivity contribution in [3.63, 3.8) is 0 Å². The summed E-state index contributed by atoms with van der Waals surface area (Å²) in [5.74, 6) is -0.206. The van der Waals surface area contributed by atoms with E-state index in [1.54, 1.807) is 11.6 Å². The second kappa shape index (κ2) is 11.1. The third-order valence-electron chi connectivity index (χ3n) is 9.17. The van der Waals surface area contributed by atoms with Crippen LogP contribution < -0.4 is 4.72 Å². The molecule has 232 valence electrons. The number of thiazole rings is 1. The van der Waals surface area contributed by atoms with Gasteiger partial charge in [-0.05, 0) is 43.4 Å². The maximum Gasteiger partial charge on any atom is 0.333 e. The number of Topliss-reactive ketones (excluding diaryl/α,β-unsaturated/α-hetero) is 1. The Hall–Kier alpha value is -3.07. The monoisotopic (exact) mass is 664 g/mol. The number of hydrogen-bond donors (Lipinski definition) is 1. The lowest BCUT2D eigenvalue weighted by atomic mass is 9.86. The number of hydrogen-bond acceptors (Lipinski definition) is 8. The van der Waals surface area contributed by atoms with Crippen molar-refractivity contribution >= 4 is 50.2 Å². The standard InChI is InChI=1S/C29H28ClF3N6O3S2/c1-14-8-15-9-18(12-20(14)26(15)40)44(41,42)37-17-11-23-24(22-4-6-39(36-22)29(32)33)25(19-3-2-16(31)10-21(19)30)35-27(38(23)13-17)28-34-5-7-43-28/h2-7,10,14-15,17-18,20,25,29,37H,8-9,11-13H2,1H3/t14-,15?,17-,18+,20?,25-/m0/s1. The molecular weight excluding hydrogens is 637 g/mol. The molecule has 2 aliphatic carbocycles. The van der Waals surface area contributed by atoms with Crippen molar-refractivity contribution in [1.82, 2.24) is 24.4 Å². The summed E-state index contributed by atoms with van der Waals surface area (Å²) < 4.78 is 72.2. The van der Waals surface area contributed by atoms with E-state index < -0.39 is 39.7 Å². The van der Waals surface area contributed by atoms with Crippen LogP contribution in [0.2, 0.25) is 5.02 Å². The molecule has 15 heteroatoms. The van der Waals surface area contributed by atoms with Crippen LogP contribution in [0.4, 0.5) is 13.2 Å². The number of nitrogens with zero attached hydrogens (tertiary/aromatic N) is 5. The van der Waals surface area contributed by atoms with Crippen molar-refractivity contribution < 1.29 is 26.4 Å². The maximum absolute atomic E-state index is 14.1. The summed E-state index contributed by atoms with van der Waals surface area (Å²) in [6, 6.07) is 3.93. The average Bonchev–Trinajstić information content (AvgIpc) is 3.76. The van der Waals surface area contributed by atoms with Crippen LogP contribution in [0, 0.1) is 23.6 Å². The highest BCUT2D eigenvalue weighted by molar-refractivity contribution is 7.90. The number of ketones is 1. The molecule has 4 heterocycles. The van der Waals surface area contributed by atoms with Gasteiger partial charge >= 0.3 is 6.55 Å². The second-order valence-corrected chi connectivity index (χ2v) is 15.2. The minimum absolute atomic E-state index is 0.100. The van der Waals surface area contributed by atoms with Gasteiger partial charge in [-0.25, -0.2) is 27.2 Å². The first-order chi connectivity index (χ1) is 21.0. The Morgan fingerprint density at radius 2 is 2.00 bits per heavy atom. The summed E-state index contributed by atoms with van der Waals surface area (Å²) in [6.07, 6.45) is 4.33. The fourth-order valence-corrected chi connectivity index (χ4v) is 9.86. The Morgan fingerprint density at radius 3 is 2.68 bits per heavy atom. The van der Waals surface area contributed by atoms with Gasteiger partial charge in [-0.1, -0.05) is 24.6 Å². The van der Waals surface area contributed by atoms with Gasteiger partial charge in [0, 0.05) is 70.5 Å². The number of sulfonamides is 1. The predicted octanol–water partition coefficient (Wildman–Crippen LogP) is 5.44. The Bertz CT molecular complexity index is 1790. The minimum atomic E-state index is -3.81. The van der Waals surface area contributed by atoms with Crippen molar-refractivity contribution in [2.45, 2.75) is 56.5 Å². The minimum Gasteiger partial charge on any atom is -0.326 e. The number of aromatic nitrogens is 3. The van der Waals surface area contributed by atoms with Crippen molar-refractivity contribution in [1.29, 1.82) is 0 Å². The van der Waals surface area contributed by atoms with Crippen molar-refractivity contribution in [3.05, 3.63) is 74.8 Å². The molecule has 1 aromatic carbocycles. The number of carbonyl (C=O) groups is 1. The second-order valence-electron chi connectivity index (χ2n) is 11.9. The summed E-state index contributed by atoms with van der Waals surface area (Å²) in [5.41, 5.74) is 1.76. The lowest BCUT2D eigenvalue weighted by Crippen LogP contribution is -2.46. The number of amidine groups is 1. The number of alkyl halides is 2. The van der Waals surface area contributed by atoms with Gasteiger partial charge in [0.05, 0.1) is 10.9 Å². The molecular formula is C29H28ClF3N6O3S2. The highest BCUT2D eigenvalue weighted by Crippen LogP contribution is 2.47. The molecule has 7 rings (SSSR count). The summed E-state index contributed by atoms with van der Waals surface area (Å²) in [4.78, 5) is 23.9. The van der Waals surface area contributed by atoms with Gasteiger partial charge in [0.15, 0.2) is 10.8 Å². The van der Waals surface area contributed by atoms with E-state index in [1.165, 1.54) is 29.5 Å². The van der Waals surface area contributed by atoms with Gasteiger partial charge in [-0.15, -0.1) is 11.3 Å². The summed E-state index contributed by atoms with van der Waals surface area (Å²) in [6.45, 7) is -0.656. The average molecular weight is 665 g/mol. The molecule has 0 radical (unpaired) electrons. The third-order valence-corrected chi connectivity index (χ3v) is 12.2. The fraction of sp³-hybridized carbons (Fsp3) is 0.448. The van der Waals surface area contributed by atoms with Crippen LogP contribution in [0.5, 0.6) is 0 Å². The quantitative estimate of drug-likeness (QED) is 0.361. The highest BCUT2D eigenvalue weighted by atomic mass is 35.5. The zero-order valence-electron chi connectivity index (χ0n) is 23.4. The smallest absolute Gasteiger partial charge is 0.326 e. The molecule has 2 bridgehead atoms. The fourth-order valence-electron chi connectivity index (χ4n) is 7.18. The number of carbonyl (C=O) groups excluding carboxylic acids is 1. The number of halogens is 4. The van der Waals surface area contributed by atoms with Crippen LogP contribution >= 0.6 is 22.9 Å². The molecule has 9 nitrogen and oxygen atoms in total. The molecule has 2 aliphatic heterocycles. The third kappa shape index (κ3) is 5.09. The van der Waals surface area contributed by atoms with E-state index in [9.17, 15) is 26.4 Å². The van der Waals surface area contributed by atoms with Crippen LogP contribution in [-0.4, -0.2) is 57.5 Å². The molecule has 1 N–H and O–H groups in total. The molecule has 2 unspecified atom stereocenters. The van der Waals surface area contributed by atoms with Gasteiger partial charge in [0.1, 0.15) is 17.6 Å². The summed E-state index contributed by atoms with van der Waals surface area (Å²) in [7, 11) is -3.81. The van der Waals surface area contributed by atoms with Crippen LogP contribution in [0.25, 0.3) is 5.57 Å². The number of benzene rings is 1. The molecule has 4 aliphatic rings. The van der Waals surface area contributed by atoms with E-state index >= 15 is 0 Å². The van der Waals surface area contributed by atoms with Crippen LogP contribution in [0.1, 0.15) is 61.5 Å². The Balaban J connectivity index is 1.29. The zero-order valence-corrected chi connectivity index (χ0v) is 25.8. The van der Waals surface area contributed by atoms with Crippen molar-refractivity contribution in [3.8, 4) is 0 Å². The lowest BCUT2D eigenvalue weighted by molar-refractivity contribution is -0.126. The van der Waals surface area contributed by atoms with Crippen molar-refractivity contribution in [2.75, 3.05) is 6.54 Å². The normalized spacial score (nSPS) is 28.6.